The molecule has 1 amide bonds. The number of benzene rings is 1. The second-order valence-electron chi connectivity index (χ2n) is 6.20. The first-order valence-corrected chi connectivity index (χ1v) is 8.46. The van der Waals surface area contributed by atoms with Gasteiger partial charge in [0.15, 0.2) is 0 Å². The van der Waals surface area contributed by atoms with Gasteiger partial charge in [0.25, 0.3) is 0 Å². The predicted octanol–water partition coefficient (Wildman–Crippen LogP) is 2.65. The van der Waals surface area contributed by atoms with Gasteiger partial charge in [0.05, 0.1) is 13.2 Å². The van der Waals surface area contributed by atoms with Gasteiger partial charge in [-0.25, -0.2) is 0 Å². The van der Waals surface area contributed by atoms with Crippen LogP contribution in [0.4, 0.5) is 0 Å². The Hall–Kier alpha value is -1.01. The van der Waals surface area contributed by atoms with Gasteiger partial charge >= 0.3 is 0 Å². The Labute approximate surface area is 163 Å². The van der Waals surface area contributed by atoms with E-state index in [9.17, 15) is 4.79 Å². The molecule has 1 aliphatic rings. The van der Waals surface area contributed by atoms with Crippen LogP contribution in [0.15, 0.2) is 24.3 Å². The van der Waals surface area contributed by atoms with Crippen LogP contribution in [0.1, 0.15) is 31.4 Å². The van der Waals surface area contributed by atoms with Crippen molar-refractivity contribution in [1.82, 2.24) is 15.5 Å². The minimum atomic E-state index is -0.0307. The molecule has 0 saturated carbocycles. The summed E-state index contributed by atoms with van der Waals surface area (Å²) in [6, 6.07) is 8.28. The van der Waals surface area contributed by atoms with Crippen LogP contribution in [0, 0.1) is 5.92 Å². The first kappa shape index (κ1) is 24.0. The van der Waals surface area contributed by atoms with Gasteiger partial charge in [-0.1, -0.05) is 25.1 Å². The molecule has 0 spiro atoms. The molecule has 0 radical (unpaired) electrons. The second-order valence-corrected chi connectivity index (χ2v) is 6.20. The molecule has 0 aliphatic carbocycles. The third-order valence-corrected chi connectivity index (χ3v) is 4.51. The van der Waals surface area contributed by atoms with Crippen molar-refractivity contribution in [1.29, 1.82) is 0 Å². The monoisotopic (exact) mass is 391 g/mol. The van der Waals surface area contributed by atoms with Crippen LogP contribution in [0.2, 0.25) is 0 Å². The highest BCUT2D eigenvalue weighted by Crippen LogP contribution is 2.31. The largest absolute Gasteiger partial charge is 0.496 e. The number of nitrogens with one attached hydrogen (secondary N) is 2. The van der Waals surface area contributed by atoms with Gasteiger partial charge in [-0.15, -0.1) is 24.8 Å². The third-order valence-electron chi connectivity index (χ3n) is 4.51. The first-order chi connectivity index (χ1) is 11.2. The van der Waals surface area contributed by atoms with Crippen molar-refractivity contribution in [2.24, 2.45) is 5.92 Å². The van der Waals surface area contributed by atoms with Crippen molar-refractivity contribution in [3.63, 3.8) is 0 Å². The lowest BCUT2D eigenvalue weighted by Gasteiger charge is -2.29. The molecule has 1 aromatic rings. The molecule has 25 heavy (non-hydrogen) atoms. The maximum Gasteiger partial charge on any atom is 0.224 e. The maximum atomic E-state index is 12.2. The lowest BCUT2D eigenvalue weighted by atomic mass is 10.0. The molecule has 2 unspecified atom stereocenters. The third kappa shape index (κ3) is 6.66. The van der Waals surface area contributed by atoms with Crippen molar-refractivity contribution in [2.45, 2.75) is 25.8 Å². The highest BCUT2D eigenvalue weighted by molar-refractivity contribution is 5.85. The number of para-hydroxylation sites is 1. The number of ether oxygens (including phenoxy) is 1. The van der Waals surface area contributed by atoms with Crippen LogP contribution in [0.3, 0.4) is 0 Å². The van der Waals surface area contributed by atoms with E-state index in [-0.39, 0.29) is 42.7 Å². The summed E-state index contributed by atoms with van der Waals surface area (Å²) in [7, 11) is 3.57. The SMILES string of the molecule is CNCC(C)C(=O)NCC(c1ccccc1OC)N1CCCC1.Cl.Cl. The summed E-state index contributed by atoms with van der Waals surface area (Å²) in [4.78, 5) is 14.7. The Morgan fingerprint density at radius 1 is 1.20 bits per heavy atom. The van der Waals surface area contributed by atoms with E-state index in [1.54, 1.807) is 7.11 Å². The number of likely N-dealkylation sites (tertiary alicyclic amines) is 1. The summed E-state index contributed by atoms with van der Waals surface area (Å²) in [6.07, 6.45) is 2.44. The summed E-state index contributed by atoms with van der Waals surface area (Å²) in [5.41, 5.74) is 1.15. The summed E-state index contributed by atoms with van der Waals surface area (Å²) in [5.74, 6) is 0.956. The van der Waals surface area contributed by atoms with Gasteiger partial charge in [0.1, 0.15) is 5.75 Å². The molecule has 7 heteroatoms. The number of carbonyl (C=O) groups is 1. The fraction of sp³-hybridized carbons (Fsp3) is 0.611. The molecule has 0 bridgehead atoms. The average Bonchev–Trinajstić information content (AvgIpc) is 3.09. The van der Waals surface area contributed by atoms with E-state index in [1.807, 2.05) is 32.2 Å². The number of methoxy groups -OCH3 is 1. The van der Waals surface area contributed by atoms with Crippen molar-refractivity contribution >= 4 is 30.7 Å². The normalized spacial score (nSPS) is 16.3. The van der Waals surface area contributed by atoms with E-state index in [1.165, 1.54) is 12.8 Å². The van der Waals surface area contributed by atoms with Gasteiger partial charge in [0.2, 0.25) is 5.91 Å². The molecule has 2 N–H and O–H groups in total. The van der Waals surface area contributed by atoms with Crippen molar-refractivity contribution in [3.8, 4) is 5.75 Å². The molecule has 1 heterocycles. The Morgan fingerprint density at radius 2 is 1.84 bits per heavy atom. The Balaban J connectivity index is 0.00000288. The van der Waals surface area contributed by atoms with Gasteiger partial charge in [0, 0.05) is 24.6 Å². The average molecular weight is 392 g/mol. The Kier molecular flexibility index (Phi) is 11.9. The zero-order valence-electron chi connectivity index (χ0n) is 15.3. The van der Waals surface area contributed by atoms with Crippen LogP contribution in [-0.2, 0) is 4.79 Å². The maximum absolute atomic E-state index is 12.2. The van der Waals surface area contributed by atoms with Gasteiger partial charge in [-0.05, 0) is 39.0 Å². The molecule has 144 valence electrons. The van der Waals surface area contributed by atoms with Crippen LogP contribution in [-0.4, -0.2) is 51.1 Å². The Bertz CT molecular complexity index is 511. The summed E-state index contributed by atoms with van der Waals surface area (Å²) >= 11 is 0. The number of rotatable bonds is 8. The first-order valence-electron chi connectivity index (χ1n) is 8.46. The van der Waals surface area contributed by atoms with Crippen molar-refractivity contribution in [3.05, 3.63) is 29.8 Å². The number of amides is 1. The summed E-state index contributed by atoms with van der Waals surface area (Å²) in [6.45, 7) is 5.40. The molecule has 2 atom stereocenters. The zero-order valence-corrected chi connectivity index (χ0v) is 16.9. The van der Waals surface area contributed by atoms with Gasteiger partial charge < -0.3 is 15.4 Å². The van der Waals surface area contributed by atoms with Crippen LogP contribution in [0.5, 0.6) is 5.75 Å². The molecule has 1 fully saturated rings. The molecule has 1 saturated heterocycles. The van der Waals surface area contributed by atoms with Crippen LogP contribution < -0.4 is 15.4 Å². The highest BCUT2D eigenvalue weighted by Gasteiger charge is 2.26. The lowest BCUT2D eigenvalue weighted by Crippen LogP contribution is -2.40. The van der Waals surface area contributed by atoms with E-state index < -0.39 is 0 Å². The summed E-state index contributed by atoms with van der Waals surface area (Å²) in [5, 5.41) is 6.17. The molecule has 1 aliphatic heterocycles. The van der Waals surface area contributed by atoms with E-state index in [0.29, 0.717) is 13.1 Å². The Morgan fingerprint density at radius 3 is 2.44 bits per heavy atom. The number of hydrogen-bond donors (Lipinski definition) is 2. The zero-order chi connectivity index (χ0) is 16.7. The fourth-order valence-electron chi connectivity index (χ4n) is 3.20. The van der Waals surface area contributed by atoms with E-state index in [4.69, 9.17) is 4.74 Å². The molecular weight excluding hydrogens is 361 g/mol. The van der Waals surface area contributed by atoms with Crippen molar-refractivity contribution in [2.75, 3.05) is 40.3 Å². The molecule has 2 rings (SSSR count). The molecular formula is C18H31Cl2N3O2. The predicted molar refractivity (Wildman–Crippen MR) is 107 cm³/mol. The smallest absolute Gasteiger partial charge is 0.224 e. The topological polar surface area (TPSA) is 53.6 Å². The second kappa shape index (κ2) is 12.4. The molecule has 1 aromatic carbocycles. The minimum Gasteiger partial charge on any atom is -0.496 e. The molecule has 5 nitrogen and oxygen atoms in total. The number of nitrogens with zero attached hydrogens (tertiary/aromatic N) is 1. The number of hydrogen-bond acceptors (Lipinski definition) is 4. The van der Waals surface area contributed by atoms with Crippen LogP contribution >= 0.6 is 24.8 Å². The standard InChI is InChI=1S/C18H29N3O2.2ClH/c1-14(12-19-2)18(22)20-13-16(21-10-6-7-11-21)15-8-4-5-9-17(15)23-3;;/h4-5,8-9,14,16,19H,6-7,10-13H2,1-3H3,(H,20,22);2*1H. The quantitative estimate of drug-likeness (QED) is 0.714. The lowest BCUT2D eigenvalue weighted by molar-refractivity contribution is -0.124. The van der Waals surface area contributed by atoms with Gasteiger partial charge in [-0.2, -0.15) is 0 Å². The highest BCUT2D eigenvalue weighted by atomic mass is 35.5. The minimum absolute atomic E-state index is 0. The van der Waals surface area contributed by atoms with Crippen LogP contribution in [0.25, 0.3) is 0 Å². The molecule has 0 aromatic heterocycles. The fourth-order valence-corrected chi connectivity index (χ4v) is 3.20. The van der Waals surface area contributed by atoms with E-state index in [2.05, 4.69) is 21.6 Å². The number of halogens is 2. The van der Waals surface area contributed by atoms with Crippen molar-refractivity contribution < 1.29 is 9.53 Å². The van der Waals surface area contributed by atoms with Gasteiger partial charge in [-0.3, -0.25) is 9.69 Å². The van der Waals surface area contributed by atoms with E-state index in [0.717, 1.165) is 24.4 Å². The van der Waals surface area contributed by atoms with E-state index >= 15 is 0 Å². The summed E-state index contributed by atoms with van der Waals surface area (Å²) < 4.78 is 5.53. The number of carbonyl (C=O) groups excluding carboxylic acids is 1.